The molecule has 19 heavy (non-hydrogen) atoms. The highest BCUT2D eigenvalue weighted by atomic mass is 32.2. The van der Waals surface area contributed by atoms with Gasteiger partial charge in [0.2, 0.25) is 0 Å². The Labute approximate surface area is 120 Å². The van der Waals surface area contributed by atoms with Gasteiger partial charge in [-0.05, 0) is 30.6 Å². The van der Waals surface area contributed by atoms with Crippen LogP contribution in [0.2, 0.25) is 0 Å². The van der Waals surface area contributed by atoms with E-state index >= 15 is 0 Å². The third-order valence-electron chi connectivity index (χ3n) is 4.09. The van der Waals surface area contributed by atoms with E-state index in [9.17, 15) is 5.11 Å². The highest BCUT2D eigenvalue weighted by molar-refractivity contribution is 8.00. The van der Waals surface area contributed by atoms with Crippen molar-refractivity contribution in [3.05, 3.63) is 0 Å². The van der Waals surface area contributed by atoms with E-state index in [1.165, 1.54) is 12.8 Å². The SMILES string of the molecule is CC(C)[C@@H]1CC[C@@H](C)CC1OOCC1O[C@H](O)CS1. The van der Waals surface area contributed by atoms with E-state index in [2.05, 4.69) is 20.8 Å². The van der Waals surface area contributed by atoms with Crippen molar-refractivity contribution in [2.45, 2.75) is 57.9 Å². The van der Waals surface area contributed by atoms with E-state index in [0.29, 0.717) is 30.1 Å². The van der Waals surface area contributed by atoms with Crippen LogP contribution in [0.25, 0.3) is 0 Å². The normalized spacial score (nSPS) is 39.9. The Morgan fingerprint density at radius 3 is 2.79 bits per heavy atom. The van der Waals surface area contributed by atoms with E-state index in [0.717, 1.165) is 6.42 Å². The van der Waals surface area contributed by atoms with Gasteiger partial charge in [-0.25, -0.2) is 9.78 Å². The zero-order chi connectivity index (χ0) is 13.8. The first-order valence-corrected chi connectivity index (χ1v) is 8.34. The van der Waals surface area contributed by atoms with Crippen molar-refractivity contribution in [3.63, 3.8) is 0 Å². The smallest absolute Gasteiger partial charge is 0.165 e. The Morgan fingerprint density at radius 2 is 2.16 bits per heavy atom. The Bertz CT molecular complexity index is 274. The van der Waals surface area contributed by atoms with Crippen LogP contribution in [-0.2, 0) is 14.5 Å². The van der Waals surface area contributed by atoms with Crippen molar-refractivity contribution in [1.29, 1.82) is 0 Å². The van der Waals surface area contributed by atoms with E-state index < -0.39 is 6.29 Å². The molecule has 4 nitrogen and oxygen atoms in total. The minimum atomic E-state index is -0.656. The second kappa shape index (κ2) is 7.27. The molecule has 2 aliphatic rings. The van der Waals surface area contributed by atoms with Crippen LogP contribution in [-0.4, -0.2) is 35.3 Å². The summed E-state index contributed by atoms with van der Waals surface area (Å²) in [6.45, 7) is 7.17. The van der Waals surface area contributed by atoms with Crippen molar-refractivity contribution in [2.75, 3.05) is 12.4 Å². The summed E-state index contributed by atoms with van der Waals surface area (Å²) in [5.74, 6) is 2.53. The quantitative estimate of drug-likeness (QED) is 0.623. The minimum absolute atomic E-state index is 0.103. The topological polar surface area (TPSA) is 47.9 Å². The summed E-state index contributed by atoms with van der Waals surface area (Å²) < 4.78 is 5.26. The molecule has 112 valence electrons. The van der Waals surface area contributed by atoms with Crippen molar-refractivity contribution < 1.29 is 19.6 Å². The lowest BCUT2D eigenvalue weighted by Gasteiger charge is -2.36. The van der Waals surface area contributed by atoms with Gasteiger partial charge in [0.25, 0.3) is 0 Å². The zero-order valence-corrected chi connectivity index (χ0v) is 12.9. The van der Waals surface area contributed by atoms with E-state index in [4.69, 9.17) is 14.5 Å². The molecule has 1 aliphatic heterocycles. The fourth-order valence-corrected chi connectivity index (χ4v) is 3.75. The molecule has 1 saturated carbocycles. The highest BCUT2D eigenvalue weighted by Gasteiger charge is 2.33. The lowest BCUT2D eigenvalue weighted by Crippen LogP contribution is -2.35. The number of hydrogen-bond acceptors (Lipinski definition) is 5. The number of ether oxygens (including phenoxy) is 1. The van der Waals surface area contributed by atoms with Crippen molar-refractivity contribution in [3.8, 4) is 0 Å². The lowest BCUT2D eigenvalue weighted by atomic mass is 9.75. The van der Waals surface area contributed by atoms with Crippen molar-refractivity contribution in [1.82, 2.24) is 0 Å². The summed E-state index contributed by atoms with van der Waals surface area (Å²) in [5, 5.41) is 9.26. The van der Waals surface area contributed by atoms with E-state index in [1.54, 1.807) is 11.8 Å². The first kappa shape index (κ1) is 15.6. The second-order valence-electron chi connectivity index (χ2n) is 6.10. The molecule has 1 N–H and O–H groups in total. The molecule has 0 aromatic rings. The maximum Gasteiger partial charge on any atom is 0.165 e. The maximum absolute atomic E-state index is 9.26. The van der Waals surface area contributed by atoms with Crippen LogP contribution < -0.4 is 0 Å². The molecule has 2 fully saturated rings. The molecule has 5 heteroatoms. The van der Waals surface area contributed by atoms with Crippen molar-refractivity contribution >= 4 is 11.8 Å². The highest BCUT2D eigenvalue weighted by Crippen LogP contribution is 2.35. The number of rotatable bonds is 5. The third kappa shape index (κ3) is 4.60. The van der Waals surface area contributed by atoms with Crippen molar-refractivity contribution in [2.24, 2.45) is 17.8 Å². The van der Waals surface area contributed by atoms with Gasteiger partial charge >= 0.3 is 0 Å². The first-order valence-electron chi connectivity index (χ1n) is 7.29. The summed E-state index contributed by atoms with van der Waals surface area (Å²) in [7, 11) is 0. The minimum Gasteiger partial charge on any atom is -0.367 e. The van der Waals surface area contributed by atoms with Gasteiger partial charge in [-0.1, -0.05) is 27.2 Å². The fraction of sp³-hybridized carbons (Fsp3) is 1.00. The molecule has 1 saturated heterocycles. The molecule has 0 aromatic carbocycles. The van der Waals surface area contributed by atoms with E-state index in [-0.39, 0.29) is 11.5 Å². The van der Waals surface area contributed by atoms with Gasteiger partial charge in [0, 0.05) is 5.75 Å². The molecule has 0 radical (unpaired) electrons. The summed E-state index contributed by atoms with van der Waals surface area (Å²) in [5.41, 5.74) is -0.103. The van der Waals surface area contributed by atoms with Crippen LogP contribution in [0.3, 0.4) is 0 Å². The van der Waals surface area contributed by atoms with Crippen LogP contribution in [0.15, 0.2) is 0 Å². The van der Waals surface area contributed by atoms with Crippen LogP contribution in [0.4, 0.5) is 0 Å². The summed E-state index contributed by atoms with van der Waals surface area (Å²) in [6.07, 6.45) is 3.12. The Hall–Kier alpha value is 0.190. The van der Waals surface area contributed by atoms with Gasteiger partial charge in [0.15, 0.2) is 6.29 Å². The van der Waals surface area contributed by atoms with Gasteiger partial charge < -0.3 is 9.84 Å². The molecule has 0 spiro atoms. The van der Waals surface area contributed by atoms with Gasteiger partial charge in [-0.3, -0.25) is 0 Å². The number of aliphatic hydroxyl groups is 1. The number of hydrogen-bond donors (Lipinski definition) is 1. The fourth-order valence-electron chi connectivity index (χ4n) is 2.94. The Kier molecular flexibility index (Phi) is 5.96. The molecular weight excluding hydrogens is 264 g/mol. The molecular formula is C14H26O4S. The zero-order valence-electron chi connectivity index (χ0n) is 12.1. The van der Waals surface area contributed by atoms with Gasteiger partial charge in [-0.2, -0.15) is 0 Å². The number of thioether (sulfide) groups is 1. The monoisotopic (exact) mass is 290 g/mol. The standard InChI is InChI=1S/C14H26O4S/c1-9(2)11-5-4-10(3)6-12(11)18-16-7-14-17-13(15)8-19-14/h9-15H,4-8H2,1-3H3/t10-,11+,12?,13+,14?/m1/s1. The van der Waals surface area contributed by atoms with Crippen LogP contribution in [0.1, 0.15) is 40.0 Å². The van der Waals surface area contributed by atoms with Crippen LogP contribution in [0.5, 0.6) is 0 Å². The van der Waals surface area contributed by atoms with Gasteiger partial charge in [0.1, 0.15) is 12.0 Å². The second-order valence-corrected chi connectivity index (χ2v) is 7.29. The van der Waals surface area contributed by atoms with Crippen LogP contribution >= 0.6 is 11.8 Å². The molecule has 5 atom stereocenters. The molecule has 0 aromatic heterocycles. The van der Waals surface area contributed by atoms with E-state index in [1.807, 2.05) is 0 Å². The largest absolute Gasteiger partial charge is 0.367 e. The molecule has 2 unspecified atom stereocenters. The predicted molar refractivity (Wildman–Crippen MR) is 75.5 cm³/mol. The Morgan fingerprint density at radius 1 is 1.37 bits per heavy atom. The summed E-state index contributed by atoms with van der Waals surface area (Å²) in [4.78, 5) is 11.0. The molecule has 1 heterocycles. The lowest BCUT2D eigenvalue weighted by molar-refractivity contribution is -0.348. The molecule has 0 amide bonds. The average Bonchev–Trinajstić information content (AvgIpc) is 2.75. The summed E-state index contributed by atoms with van der Waals surface area (Å²) in [6, 6.07) is 0. The Balaban J connectivity index is 1.73. The van der Waals surface area contributed by atoms with Crippen LogP contribution in [0, 0.1) is 17.8 Å². The number of aliphatic hydroxyl groups excluding tert-OH is 1. The molecule has 1 aliphatic carbocycles. The average molecular weight is 290 g/mol. The summed E-state index contributed by atoms with van der Waals surface area (Å²) >= 11 is 1.57. The maximum atomic E-state index is 9.26. The third-order valence-corrected chi connectivity index (χ3v) is 5.19. The first-order chi connectivity index (χ1) is 9.06. The molecule has 2 rings (SSSR count). The van der Waals surface area contributed by atoms with Gasteiger partial charge in [-0.15, -0.1) is 11.8 Å². The predicted octanol–water partition coefficient (Wildman–Crippen LogP) is 2.80. The molecule has 0 bridgehead atoms. The van der Waals surface area contributed by atoms with Gasteiger partial charge in [0.05, 0.1) is 6.10 Å².